The lowest BCUT2D eigenvalue weighted by Crippen LogP contribution is -2.36. The van der Waals surface area contributed by atoms with Gasteiger partial charge in [0.05, 0.1) is 11.3 Å². The Labute approximate surface area is 162 Å². The van der Waals surface area contributed by atoms with Crippen LogP contribution in [0.1, 0.15) is 42.6 Å². The Morgan fingerprint density at radius 3 is 2.78 bits per heavy atom. The number of nitrogens with zero attached hydrogens (tertiary/aromatic N) is 2. The molecule has 2 aliphatic rings. The predicted octanol–water partition coefficient (Wildman–Crippen LogP) is 4.30. The van der Waals surface area contributed by atoms with E-state index < -0.39 is 11.7 Å². The number of rotatable bonds is 1. The first kappa shape index (κ1) is 17.9. The number of hydrogen-bond donors (Lipinski definition) is 0. The molecule has 6 nitrogen and oxygen atoms in total. The first-order chi connectivity index (χ1) is 12.7. The van der Waals surface area contributed by atoms with Crippen LogP contribution >= 0.6 is 11.6 Å². The largest absolute Gasteiger partial charge is 0.443 e. The summed E-state index contributed by atoms with van der Waals surface area (Å²) < 4.78 is 5.57. The van der Waals surface area contributed by atoms with Crippen molar-refractivity contribution in [1.29, 1.82) is 0 Å². The van der Waals surface area contributed by atoms with E-state index in [2.05, 4.69) is 0 Å². The fourth-order valence-corrected chi connectivity index (χ4v) is 3.99. The average Bonchev–Trinajstić information content (AvgIpc) is 2.97. The predicted molar refractivity (Wildman–Crippen MR) is 104 cm³/mol. The van der Waals surface area contributed by atoms with E-state index in [-0.39, 0.29) is 11.8 Å². The summed E-state index contributed by atoms with van der Waals surface area (Å²) in [5.41, 5.74) is 1.66. The monoisotopic (exact) mass is 388 g/mol. The molecule has 0 saturated heterocycles. The van der Waals surface area contributed by atoms with Crippen LogP contribution in [0.4, 0.5) is 10.5 Å². The van der Waals surface area contributed by atoms with Gasteiger partial charge in [-0.3, -0.25) is 9.69 Å². The van der Waals surface area contributed by atoms with Crippen LogP contribution in [-0.4, -0.2) is 42.1 Å². The second kappa shape index (κ2) is 6.02. The van der Waals surface area contributed by atoms with E-state index in [4.69, 9.17) is 21.2 Å². The van der Waals surface area contributed by atoms with Gasteiger partial charge in [0.2, 0.25) is 0 Å². The molecule has 0 spiro atoms. The Kier molecular flexibility index (Phi) is 4.00. The van der Waals surface area contributed by atoms with Crippen molar-refractivity contribution in [3.63, 3.8) is 0 Å². The van der Waals surface area contributed by atoms with Crippen LogP contribution in [0.25, 0.3) is 10.8 Å². The molecule has 0 aromatic heterocycles. The molecule has 2 aromatic carbocycles. The third-order valence-corrected chi connectivity index (χ3v) is 5.17. The number of hydrogen-bond acceptors (Lipinski definition) is 4. The number of carbonyl (C=O) groups is 2. The summed E-state index contributed by atoms with van der Waals surface area (Å²) in [6, 6.07) is 7.39. The van der Waals surface area contributed by atoms with Crippen LogP contribution in [-0.2, 0) is 4.74 Å². The van der Waals surface area contributed by atoms with Gasteiger partial charge in [0.1, 0.15) is 5.60 Å². The number of benzene rings is 2. The van der Waals surface area contributed by atoms with Crippen LogP contribution in [0, 0.1) is 0 Å². The highest BCUT2D eigenvalue weighted by Crippen LogP contribution is 2.48. The number of amides is 2. The van der Waals surface area contributed by atoms with Gasteiger partial charge in [-0.1, -0.05) is 12.1 Å². The van der Waals surface area contributed by atoms with E-state index in [0.29, 0.717) is 23.7 Å². The zero-order valence-electron chi connectivity index (χ0n) is 15.7. The maximum absolute atomic E-state index is 12.8. The van der Waals surface area contributed by atoms with Crippen molar-refractivity contribution in [2.24, 2.45) is 0 Å². The Balaban J connectivity index is 1.92. The lowest BCUT2D eigenvalue weighted by atomic mass is 9.92. The van der Waals surface area contributed by atoms with Crippen LogP contribution in [0.3, 0.4) is 0 Å². The summed E-state index contributed by atoms with van der Waals surface area (Å²) in [6.07, 6.45) is -0.417. The number of fused-ring (bicyclic) bond motifs is 2. The van der Waals surface area contributed by atoms with Gasteiger partial charge >= 0.3 is 6.09 Å². The van der Waals surface area contributed by atoms with Crippen LogP contribution in [0.15, 0.2) is 24.3 Å². The number of carbonyl (C=O) groups excluding carboxylic acids is 2. The molecular weight excluding hydrogens is 368 g/mol. The average molecular weight is 389 g/mol. The van der Waals surface area contributed by atoms with Crippen molar-refractivity contribution < 1.29 is 19.2 Å². The maximum atomic E-state index is 12.8. The number of halogens is 1. The molecule has 2 aromatic rings. The zero-order valence-corrected chi connectivity index (χ0v) is 16.5. The smallest absolute Gasteiger partial charge is 0.414 e. The van der Waals surface area contributed by atoms with Crippen LogP contribution < -0.4 is 9.74 Å². The highest BCUT2D eigenvalue weighted by Gasteiger charge is 2.38. The summed E-state index contributed by atoms with van der Waals surface area (Å²) in [4.78, 5) is 32.6. The summed E-state index contributed by atoms with van der Waals surface area (Å²) >= 11 is 6.23. The van der Waals surface area contributed by atoms with E-state index >= 15 is 0 Å². The third-order valence-electron chi connectivity index (χ3n) is 4.80. The summed E-state index contributed by atoms with van der Waals surface area (Å²) in [5, 5.41) is 2.86. The summed E-state index contributed by atoms with van der Waals surface area (Å²) in [5.74, 6) is 0.663. The molecular formula is C20H21ClN2O4. The van der Waals surface area contributed by atoms with Crippen molar-refractivity contribution in [1.82, 2.24) is 5.06 Å². The Morgan fingerprint density at radius 2 is 2.11 bits per heavy atom. The van der Waals surface area contributed by atoms with Crippen molar-refractivity contribution in [2.75, 3.05) is 24.4 Å². The summed E-state index contributed by atoms with van der Waals surface area (Å²) in [7, 11) is 1.57. The molecule has 1 atom stereocenters. The first-order valence-corrected chi connectivity index (χ1v) is 9.37. The van der Waals surface area contributed by atoms with Gasteiger partial charge in [-0.2, -0.15) is 5.06 Å². The molecule has 2 heterocycles. The van der Waals surface area contributed by atoms with Crippen molar-refractivity contribution in [3.05, 3.63) is 35.4 Å². The number of hydroxylamine groups is 2. The maximum Gasteiger partial charge on any atom is 0.414 e. The van der Waals surface area contributed by atoms with Gasteiger partial charge in [-0.15, -0.1) is 11.6 Å². The van der Waals surface area contributed by atoms with Gasteiger partial charge in [-0.05, 0) is 37.8 Å². The normalized spacial score (nSPS) is 18.6. The molecule has 0 aliphatic carbocycles. The molecule has 0 radical (unpaired) electrons. The minimum Gasteiger partial charge on any atom is -0.443 e. The highest BCUT2D eigenvalue weighted by molar-refractivity contribution is 6.19. The molecule has 2 amide bonds. The molecule has 7 heteroatoms. The van der Waals surface area contributed by atoms with Crippen molar-refractivity contribution in [3.8, 4) is 5.75 Å². The second-order valence-electron chi connectivity index (χ2n) is 7.87. The zero-order chi connectivity index (χ0) is 19.5. The minimum absolute atomic E-state index is 0.0479. The SMILES string of the molecule is CN1Oc2cc3c(c4cccc(c24)C1=O)[C@@H](CCl)CN3C(=O)OC(C)(C)C. The van der Waals surface area contributed by atoms with Crippen molar-refractivity contribution >= 4 is 40.1 Å². The Hall–Kier alpha value is -2.47. The minimum atomic E-state index is -0.599. The van der Waals surface area contributed by atoms with E-state index in [1.807, 2.05) is 32.9 Å². The molecule has 2 aliphatic heterocycles. The molecule has 0 fully saturated rings. The lowest BCUT2D eigenvalue weighted by Gasteiger charge is -2.28. The molecule has 0 saturated carbocycles. The first-order valence-electron chi connectivity index (χ1n) is 8.83. The van der Waals surface area contributed by atoms with Crippen molar-refractivity contribution in [2.45, 2.75) is 32.3 Å². The molecule has 27 heavy (non-hydrogen) atoms. The van der Waals surface area contributed by atoms with Gasteiger partial charge < -0.3 is 9.57 Å². The second-order valence-corrected chi connectivity index (χ2v) is 8.18. The van der Waals surface area contributed by atoms with E-state index in [1.54, 1.807) is 24.1 Å². The molecule has 4 rings (SSSR count). The number of ether oxygens (including phenoxy) is 1. The van der Waals surface area contributed by atoms with Gasteiger partial charge in [0.25, 0.3) is 5.91 Å². The standard InChI is InChI=1S/C20H21ClN2O4/c1-20(2,3)26-19(25)23-10-11(9-21)16-12-6-5-7-13-17(12)15(8-14(16)23)27-22(4)18(13)24/h5-8,11H,9-10H2,1-4H3/t11-/m0/s1. The van der Waals surface area contributed by atoms with Gasteiger partial charge in [0.15, 0.2) is 5.75 Å². The Bertz CT molecular complexity index is 967. The quantitative estimate of drug-likeness (QED) is 0.683. The van der Waals surface area contributed by atoms with Crippen LogP contribution in [0.2, 0.25) is 0 Å². The Morgan fingerprint density at radius 1 is 1.37 bits per heavy atom. The number of alkyl halides is 1. The topological polar surface area (TPSA) is 59.1 Å². The van der Waals surface area contributed by atoms with E-state index in [0.717, 1.165) is 22.0 Å². The summed E-state index contributed by atoms with van der Waals surface area (Å²) in [6.45, 7) is 5.93. The molecule has 0 unspecified atom stereocenters. The lowest BCUT2D eigenvalue weighted by molar-refractivity contribution is -0.0156. The highest BCUT2D eigenvalue weighted by atomic mass is 35.5. The molecule has 142 valence electrons. The fourth-order valence-electron chi connectivity index (χ4n) is 3.74. The third kappa shape index (κ3) is 2.79. The number of anilines is 1. The van der Waals surface area contributed by atoms with Crippen LogP contribution in [0.5, 0.6) is 5.75 Å². The molecule has 0 bridgehead atoms. The van der Waals surface area contributed by atoms with E-state index in [1.165, 1.54) is 5.06 Å². The van der Waals surface area contributed by atoms with E-state index in [9.17, 15) is 9.59 Å². The van der Waals surface area contributed by atoms with Gasteiger partial charge in [0, 0.05) is 36.8 Å². The fraction of sp³-hybridized carbons (Fsp3) is 0.400. The van der Waals surface area contributed by atoms with Gasteiger partial charge in [-0.25, -0.2) is 4.79 Å². The molecule has 0 N–H and O–H groups in total.